The second kappa shape index (κ2) is 9.68. The molecule has 2 fully saturated rings. The van der Waals surface area contributed by atoms with Crippen LogP contribution in [0.25, 0.3) is 0 Å². The summed E-state index contributed by atoms with van der Waals surface area (Å²) < 4.78 is 0. The molecule has 4 heteroatoms. The summed E-state index contributed by atoms with van der Waals surface area (Å²) in [6, 6.07) is 0.351. The van der Waals surface area contributed by atoms with Crippen molar-refractivity contribution in [1.29, 1.82) is 0 Å². The molecule has 0 radical (unpaired) electrons. The van der Waals surface area contributed by atoms with E-state index in [2.05, 4.69) is 24.5 Å². The van der Waals surface area contributed by atoms with Gasteiger partial charge in [0.25, 0.3) is 0 Å². The van der Waals surface area contributed by atoms with Crippen LogP contribution in [0.3, 0.4) is 0 Å². The lowest BCUT2D eigenvalue weighted by atomic mass is 9.79. The molecule has 0 aromatic carbocycles. The molecular formula is C17H33ClN2O. The third kappa shape index (κ3) is 6.15. The third-order valence-corrected chi connectivity index (χ3v) is 5.10. The lowest BCUT2D eigenvalue weighted by Gasteiger charge is -2.30. The molecule has 3 nitrogen and oxygen atoms in total. The molecule has 1 amide bonds. The lowest BCUT2D eigenvalue weighted by molar-refractivity contribution is -0.128. The number of piperidine rings is 1. The molecule has 0 aromatic heterocycles. The molecule has 0 aromatic rings. The molecule has 1 saturated heterocycles. The van der Waals surface area contributed by atoms with E-state index >= 15 is 0 Å². The van der Waals surface area contributed by atoms with Gasteiger partial charge < -0.3 is 10.6 Å². The predicted molar refractivity (Wildman–Crippen MR) is 90.8 cm³/mol. The summed E-state index contributed by atoms with van der Waals surface area (Å²) >= 11 is 0. The number of hydrogen-bond donors (Lipinski definition) is 2. The first-order valence-corrected chi connectivity index (χ1v) is 8.68. The summed E-state index contributed by atoms with van der Waals surface area (Å²) in [7, 11) is 0. The van der Waals surface area contributed by atoms with Gasteiger partial charge in [-0.25, -0.2) is 0 Å². The summed E-state index contributed by atoms with van der Waals surface area (Å²) in [5.74, 6) is 1.75. The number of halogens is 1. The van der Waals surface area contributed by atoms with Gasteiger partial charge in [0.1, 0.15) is 0 Å². The first kappa shape index (κ1) is 18.8. The minimum absolute atomic E-state index is 0. The second-order valence-electron chi connectivity index (χ2n) is 7.14. The van der Waals surface area contributed by atoms with E-state index in [9.17, 15) is 4.79 Å². The van der Waals surface area contributed by atoms with Crippen molar-refractivity contribution >= 4 is 18.3 Å². The lowest BCUT2D eigenvalue weighted by Crippen LogP contribution is -2.48. The Morgan fingerprint density at radius 1 is 1.14 bits per heavy atom. The summed E-state index contributed by atoms with van der Waals surface area (Å²) in [5, 5.41) is 6.66. The maximum Gasteiger partial charge on any atom is 0.223 e. The molecule has 1 saturated carbocycles. The van der Waals surface area contributed by atoms with E-state index in [1.54, 1.807) is 0 Å². The van der Waals surface area contributed by atoms with E-state index in [4.69, 9.17) is 0 Å². The zero-order valence-electron chi connectivity index (χ0n) is 13.7. The van der Waals surface area contributed by atoms with E-state index in [0.29, 0.717) is 17.9 Å². The van der Waals surface area contributed by atoms with Crippen molar-refractivity contribution in [2.45, 2.75) is 71.3 Å². The van der Waals surface area contributed by atoms with Gasteiger partial charge in [0.15, 0.2) is 0 Å². The van der Waals surface area contributed by atoms with Gasteiger partial charge in [-0.05, 0) is 37.6 Å². The van der Waals surface area contributed by atoms with E-state index in [1.807, 2.05) is 0 Å². The number of amides is 1. The van der Waals surface area contributed by atoms with Crippen molar-refractivity contribution in [3.63, 3.8) is 0 Å². The predicted octanol–water partition coefficient (Wildman–Crippen LogP) is 3.52. The SMILES string of the molecule is CC(C)C(CC1CCCCC1)C(=O)NC1CCCNC1.Cl. The van der Waals surface area contributed by atoms with Crippen LogP contribution in [0.4, 0.5) is 0 Å². The van der Waals surface area contributed by atoms with E-state index in [0.717, 1.165) is 31.8 Å². The molecule has 2 N–H and O–H groups in total. The maximum absolute atomic E-state index is 12.6. The van der Waals surface area contributed by atoms with Crippen LogP contribution < -0.4 is 10.6 Å². The van der Waals surface area contributed by atoms with E-state index in [1.165, 1.54) is 38.5 Å². The van der Waals surface area contributed by atoms with Crippen molar-refractivity contribution in [3.8, 4) is 0 Å². The van der Waals surface area contributed by atoms with Crippen molar-refractivity contribution in [2.75, 3.05) is 13.1 Å². The summed E-state index contributed by atoms with van der Waals surface area (Å²) in [6.45, 7) is 6.44. The van der Waals surface area contributed by atoms with Gasteiger partial charge in [-0.3, -0.25) is 4.79 Å². The molecule has 1 heterocycles. The molecule has 0 spiro atoms. The molecule has 0 bridgehead atoms. The molecular weight excluding hydrogens is 284 g/mol. The Morgan fingerprint density at radius 2 is 1.86 bits per heavy atom. The van der Waals surface area contributed by atoms with Crippen molar-refractivity contribution in [3.05, 3.63) is 0 Å². The second-order valence-corrected chi connectivity index (χ2v) is 7.14. The van der Waals surface area contributed by atoms with E-state index < -0.39 is 0 Å². The molecule has 1 aliphatic carbocycles. The van der Waals surface area contributed by atoms with Gasteiger partial charge in [-0.1, -0.05) is 46.0 Å². The van der Waals surface area contributed by atoms with E-state index in [-0.39, 0.29) is 18.3 Å². The molecule has 2 atom stereocenters. The molecule has 1 aliphatic heterocycles. The fourth-order valence-corrected chi connectivity index (χ4v) is 3.75. The third-order valence-electron chi connectivity index (χ3n) is 5.10. The standard InChI is InChI=1S/C17H32N2O.ClH/c1-13(2)16(11-14-7-4-3-5-8-14)17(20)19-15-9-6-10-18-12-15;/h13-16,18H,3-12H2,1-2H3,(H,19,20);1H. The van der Waals surface area contributed by atoms with Gasteiger partial charge in [0.05, 0.1) is 0 Å². The maximum atomic E-state index is 12.6. The van der Waals surface area contributed by atoms with Gasteiger partial charge in [0, 0.05) is 18.5 Å². The zero-order chi connectivity index (χ0) is 14.4. The molecule has 2 aliphatic rings. The van der Waals surface area contributed by atoms with Crippen LogP contribution in [-0.2, 0) is 4.79 Å². The van der Waals surface area contributed by atoms with Crippen LogP contribution in [0.2, 0.25) is 0 Å². The number of rotatable bonds is 5. The topological polar surface area (TPSA) is 41.1 Å². The molecule has 2 rings (SSSR count). The highest BCUT2D eigenvalue weighted by Gasteiger charge is 2.28. The van der Waals surface area contributed by atoms with Crippen LogP contribution in [0.15, 0.2) is 0 Å². The van der Waals surface area contributed by atoms with Gasteiger partial charge in [-0.15, -0.1) is 12.4 Å². The first-order valence-electron chi connectivity index (χ1n) is 8.68. The van der Waals surface area contributed by atoms with Crippen LogP contribution in [0.1, 0.15) is 65.2 Å². The van der Waals surface area contributed by atoms with Crippen molar-refractivity contribution < 1.29 is 4.79 Å². The van der Waals surface area contributed by atoms with Crippen molar-refractivity contribution in [1.82, 2.24) is 10.6 Å². The Hall–Kier alpha value is -0.280. The molecule has 124 valence electrons. The minimum Gasteiger partial charge on any atom is -0.352 e. The monoisotopic (exact) mass is 316 g/mol. The highest BCUT2D eigenvalue weighted by molar-refractivity contribution is 5.85. The Bertz CT molecular complexity index is 297. The normalized spacial score (nSPS) is 25.2. The smallest absolute Gasteiger partial charge is 0.223 e. The quantitative estimate of drug-likeness (QED) is 0.815. The summed E-state index contributed by atoms with van der Waals surface area (Å²) in [6.07, 6.45) is 10.2. The summed E-state index contributed by atoms with van der Waals surface area (Å²) in [5.41, 5.74) is 0. The van der Waals surface area contributed by atoms with Crippen LogP contribution in [-0.4, -0.2) is 25.0 Å². The van der Waals surface area contributed by atoms with Gasteiger partial charge in [-0.2, -0.15) is 0 Å². The minimum atomic E-state index is 0. The van der Waals surface area contributed by atoms with Gasteiger partial charge >= 0.3 is 0 Å². The number of nitrogens with one attached hydrogen (secondary N) is 2. The zero-order valence-corrected chi connectivity index (χ0v) is 14.5. The average Bonchev–Trinajstić information content (AvgIpc) is 2.46. The fourth-order valence-electron chi connectivity index (χ4n) is 3.75. The molecule has 21 heavy (non-hydrogen) atoms. The largest absolute Gasteiger partial charge is 0.352 e. The van der Waals surface area contributed by atoms with Crippen LogP contribution >= 0.6 is 12.4 Å². The first-order chi connectivity index (χ1) is 9.66. The highest BCUT2D eigenvalue weighted by atomic mass is 35.5. The Morgan fingerprint density at radius 3 is 2.43 bits per heavy atom. The Labute approximate surface area is 136 Å². The Kier molecular flexibility index (Phi) is 8.65. The van der Waals surface area contributed by atoms with Crippen molar-refractivity contribution in [2.24, 2.45) is 17.8 Å². The fraction of sp³-hybridized carbons (Fsp3) is 0.941. The van der Waals surface area contributed by atoms with Gasteiger partial charge in [0.2, 0.25) is 5.91 Å². The number of carbonyl (C=O) groups is 1. The number of hydrogen-bond acceptors (Lipinski definition) is 2. The average molecular weight is 317 g/mol. The molecule has 2 unspecified atom stereocenters. The Balaban J connectivity index is 0.00000220. The van der Waals surface area contributed by atoms with Crippen LogP contribution in [0.5, 0.6) is 0 Å². The highest BCUT2D eigenvalue weighted by Crippen LogP contribution is 2.31. The summed E-state index contributed by atoms with van der Waals surface area (Å²) in [4.78, 5) is 12.6. The number of carbonyl (C=O) groups excluding carboxylic acids is 1. The van der Waals surface area contributed by atoms with Crippen LogP contribution in [0, 0.1) is 17.8 Å².